The first kappa shape index (κ1) is 29.6. The Hall–Kier alpha value is -2.97. The number of esters is 1. The third-order valence-corrected chi connectivity index (χ3v) is 6.66. The van der Waals surface area contributed by atoms with Crippen LogP contribution in [0.1, 0.15) is 62.5 Å². The number of benzene rings is 3. The lowest BCUT2D eigenvalue weighted by Gasteiger charge is -2.33. The molecule has 6 nitrogen and oxygen atoms in total. The number of carbonyl (C=O) groups is 2. The van der Waals surface area contributed by atoms with Gasteiger partial charge in [0.15, 0.2) is 12.4 Å². The second-order valence-corrected chi connectivity index (χ2v) is 12.6. The van der Waals surface area contributed by atoms with E-state index in [1.54, 1.807) is 36.4 Å². The van der Waals surface area contributed by atoms with Crippen molar-refractivity contribution in [2.45, 2.75) is 46.5 Å². The number of nitrogens with one attached hydrogen (secondary N) is 1. The molecule has 3 rings (SSSR count). The third-order valence-electron chi connectivity index (χ3n) is 5.61. The summed E-state index contributed by atoms with van der Waals surface area (Å²) in [4.78, 5) is 24.9. The summed E-state index contributed by atoms with van der Waals surface area (Å²) in [5, 5.41) is 4.02. The summed E-state index contributed by atoms with van der Waals surface area (Å²) in [5.74, 6) is -0.0416. The van der Waals surface area contributed by atoms with E-state index in [1.807, 2.05) is 30.3 Å². The van der Waals surface area contributed by atoms with Gasteiger partial charge in [0.25, 0.3) is 5.91 Å². The zero-order valence-corrected chi connectivity index (χ0v) is 25.4. The SMILES string of the molecule is CC(C)(C)CC(C)(C)c1ccc(OCC(=O)NN=Cc2cc(Br)cc(Br)c2OC(=O)c2ccccc2)cc1. The smallest absolute Gasteiger partial charge is 0.343 e. The highest BCUT2D eigenvalue weighted by Gasteiger charge is 2.27. The first-order valence-electron chi connectivity index (χ1n) is 12.2. The Morgan fingerprint density at radius 1 is 0.947 bits per heavy atom. The van der Waals surface area contributed by atoms with Crippen LogP contribution in [0.4, 0.5) is 0 Å². The zero-order chi connectivity index (χ0) is 27.9. The molecule has 3 aromatic carbocycles. The van der Waals surface area contributed by atoms with Gasteiger partial charge in [0, 0.05) is 10.0 Å². The molecule has 0 spiro atoms. The maximum absolute atomic E-state index is 12.6. The van der Waals surface area contributed by atoms with E-state index in [1.165, 1.54) is 11.8 Å². The highest BCUT2D eigenvalue weighted by atomic mass is 79.9. The van der Waals surface area contributed by atoms with Crippen LogP contribution in [-0.4, -0.2) is 24.7 Å². The fraction of sp³-hybridized carbons (Fsp3) is 0.300. The molecule has 8 heteroatoms. The van der Waals surface area contributed by atoms with Gasteiger partial charge in [-0.15, -0.1) is 0 Å². The largest absolute Gasteiger partial charge is 0.484 e. The van der Waals surface area contributed by atoms with Crippen molar-refractivity contribution in [2.24, 2.45) is 10.5 Å². The van der Waals surface area contributed by atoms with Gasteiger partial charge in [0.2, 0.25) is 0 Å². The van der Waals surface area contributed by atoms with E-state index >= 15 is 0 Å². The molecule has 0 fully saturated rings. The normalized spacial score (nSPS) is 11.9. The van der Waals surface area contributed by atoms with Crippen LogP contribution >= 0.6 is 31.9 Å². The first-order chi connectivity index (χ1) is 17.8. The highest BCUT2D eigenvalue weighted by Crippen LogP contribution is 2.36. The molecule has 0 bridgehead atoms. The van der Waals surface area contributed by atoms with Gasteiger partial charge >= 0.3 is 5.97 Å². The molecule has 0 saturated carbocycles. The van der Waals surface area contributed by atoms with Gasteiger partial charge in [-0.2, -0.15) is 5.10 Å². The number of hydrogen-bond acceptors (Lipinski definition) is 5. The molecule has 0 radical (unpaired) electrons. The number of hydrazone groups is 1. The van der Waals surface area contributed by atoms with Crippen LogP contribution in [0.15, 0.2) is 80.8 Å². The average Bonchev–Trinajstić information content (AvgIpc) is 2.84. The Bertz CT molecular complexity index is 1300. The monoisotopic (exact) mass is 642 g/mol. The summed E-state index contributed by atoms with van der Waals surface area (Å²) in [5.41, 5.74) is 4.82. The fourth-order valence-electron chi connectivity index (χ4n) is 4.29. The van der Waals surface area contributed by atoms with Crippen LogP contribution in [-0.2, 0) is 10.2 Å². The molecular formula is C30H32Br2N2O4. The average molecular weight is 644 g/mol. The number of rotatable bonds is 9. The minimum absolute atomic E-state index is 0.0264. The van der Waals surface area contributed by atoms with Crippen molar-refractivity contribution in [3.05, 3.63) is 92.4 Å². The van der Waals surface area contributed by atoms with Crippen molar-refractivity contribution in [1.29, 1.82) is 0 Å². The van der Waals surface area contributed by atoms with Crippen LogP contribution in [0, 0.1) is 5.41 Å². The second kappa shape index (κ2) is 12.7. The molecule has 0 aliphatic rings. The summed E-state index contributed by atoms with van der Waals surface area (Å²) < 4.78 is 12.5. The number of hydrogen-bond donors (Lipinski definition) is 1. The third kappa shape index (κ3) is 8.81. The molecular weight excluding hydrogens is 612 g/mol. The van der Waals surface area contributed by atoms with Gasteiger partial charge in [0.1, 0.15) is 5.75 Å². The predicted octanol–water partition coefficient (Wildman–Crippen LogP) is 7.67. The quantitative estimate of drug-likeness (QED) is 0.112. The van der Waals surface area contributed by atoms with Crippen LogP contribution in [0.25, 0.3) is 0 Å². The molecule has 0 aliphatic carbocycles. The summed E-state index contributed by atoms with van der Waals surface area (Å²) in [7, 11) is 0. The Morgan fingerprint density at radius 2 is 1.61 bits per heavy atom. The minimum Gasteiger partial charge on any atom is -0.484 e. The van der Waals surface area contributed by atoms with E-state index in [0.717, 1.165) is 10.9 Å². The van der Waals surface area contributed by atoms with Crippen LogP contribution in [0.5, 0.6) is 11.5 Å². The molecule has 3 aromatic rings. The topological polar surface area (TPSA) is 77.0 Å². The van der Waals surface area contributed by atoms with Gasteiger partial charge in [0.05, 0.1) is 16.3 Å². The van der Waals surface area contributed by atoms with Gasteiger partial charge < -0.3 is 9.47 Å². The number of ether oxygens (including phenoxy) is 2. The molecule has 0 heterocycles. The van der Waals surface area contributed by atoms with Crippen molar-refractivity contribution < 1.29 is 19.1 Å². The second-order valence-electron chi connectivity index (χ2n) is 10.8. The zero-order valence-electron chi connectivity index (χ0n) is 22.2. The van der Waals surface area contributed by atoms with Gasteiger partial charge in [-0.05, 0) is 75.1 Å². The van der Waals surface area contributed by atoms with E-state index in [0.29, 0.717) is 21.3 Å². The standard InChI is InChI=1S/C30H32Br2N2O4/c1-29(2,3)19-30(4,5)22-11-13-24(14-12-22)37-18-26(35)34-33-17-21-15-23(31)16-25(32)27(21)38-28(36)20-9-7-6-8-10-20/h6-17H,18-19H2,1-5H3,(H,34,35). The fourth-order valence-corrected chi connectivity index (χ4v) is 5.63. The lowest BCUT2D eigenvalue weighted by molar-refractivity contribution is -0.123. The Kier molecular flexibility index (Phi) is 9.90. The summed E-state index contributed by atoms with van der Waals surface area (Å²) >= 11 is 6.85. The molecule has 0 aliphatic heterocycles. The number of amides is 1. The Morgan fingerprint density at radius 3 is 2.24 bits per heavy atom. The van der Waals surface area contributed by atoms with E-state index in [4.69, 9.17) is 9.47 Å². The molecule has 200 valence electrons. The van der Waals surface area contributed by atoms with E-state index in [-0.39, 0.29) is 23.2 Å². The maximum Gasteiger partial charge on any atom is 0.343 e. The summed E-state index contributed by atoms with van der Waals surface area (Å²) in [6, 6.07) is 20.0. The minimum atomic E-state index is -0.506. The Balaban J connectivity index is 1.59. The highest BCUT2D eigenvalue weighted by molar-refractivity contribution is 9.11. The molecule has 0 saturated heterocycles. The van der Waals surface area contributed by atoms with Crippen molar-refractivity contribution in [2.75, 3.05) is 6.61 Å². The lowest BCUT2D eigenvalue weighted by Crippen LogP contribution is -2.25. The van der Waals surface area contributed by atoms with Crippen LogP contribution in [0.2, 0.25) is 0 Å². The van der Waals surface area contributed by atoms with E-state index in [2.05, 4.69) is 77.0 Å². The molecule has 0 unspecified atom stereocenters. The van der Waals surface area contributed by atoms with Crippen molar-refractivity contribution >= 4 is 50.0 Å². The van der Waals surface area contributed by atoms with Gasteiger partial charge in [-0.25, -0.2) is 10.2 Å². The summed E-state index contributed by atoms with van der Waals surface area (Å²) in [6.45, 7) is 11.0. The molecule has 0 aromatic heterocycles. The predicted molar refractivity (Wildman–Crippen MR) is 158 cm³/mol. The van der Waals surface area contributed by atoms with Crippen LogP contribution in [0.3, 0.4) is 0 Å². The van der Waals surface area contributed by atoms with Gasteiger partial charge in [-0.3, -0.25) is 4.79 Å². The van der Waals surface area contributed by atoms with Crippen molar-refractivity contribution in [3.63, 3.8) is 0 Å². The molecule has 1 N–H and O–H groups in total. The van der Waals surface area contributed by atoms with E-state index in [9.17, 15) is 9.59 Å². The first-order valence-corrected chi connectivity index (χ1v) is 13.7. The number of halogens is 2. The molecule has 0 atom stereocenters. The van der Waals surface area contributed by atoms with Crippen molar-refractivity contribution in [3.8, 4) is 11.5 Å². The number of carbonyl (C=O) groups excluding carboxylic acids is 2. The molecule has 1 amide bonds. The molecule has 38 heavy (non-hydrogen) atoms. The van der Waals surface area contributed by atoms with Crippen LogP contribution < -0.4 is 14.9 Å². The van der Waals surface area contributed by atoms with Gasteiger partial charge in [-0.1, -0.05) is 80.9 Å². The van der Waals surface area contributed by atoms with Crippen molar-refractivity contribution in [1.82, 2.24) is 5.43 Å². The Labute approximate surface area is 241 Å². The lowest BCUT2D eigenvalue weighted by atomic mass is 9.72. The summed E-state index contributed by atoms with van der Waals surface area (Å²) in [6.07, 6.45) is 2.45. The maximum atomic E-state index is 12.6. The van der Waals surface area contributed by atoms with E-state index < -0.39 is 11.9 Å². The number of nitrogens with zero attached hydrogens (tertiary/aromatic N) is 1.